The average molecular weight is 434 g/mol. The molecular weight excluding hydrogens is 409 g/mol. The zero-order chi connectivity index (χ0) is 22.1. The maximum atomic E-state index is 13.4. The van der Waals surface area contributed by atoms with E-state index in [-0.39, 0.29) is 28.8 Å². The molecule has 0 spiro atoms. The molecule has 0 radical (unpaired) electrons. The van der Waals surface area contributed by atoms with Crippen LogP contribution in [0.2, 0.25) is 0 Å². The van der Waals surface area contributed by atoms with E-state index in [2.05, 4.69) is 10.3 Å². The monoisotopic (exact) mass is 433 g/mol. The van der Waals surface area contributed by atoms with Crippen LogP contribution in [-0.4, -0.2) is 39.2 Å². The van der Waals surface area contributed by atoms with Crippen molar-refractivity contribution >= 4 is 32.8 Å². The first kappa shape index (κ1) is 21.8. The third kappa shape index (κ3) is 4.16. The van der Waals surface area contributed by atoms with Crippen LogP contribution in [-0.2, 0) is 10.0 Å². The van der Waals surface area contributed by atoms with Gasteiger partial charge in [0, 0.05) is 19.2 Å². The van der Waals surface area contributed by atoms with Gasteiger partial charge in [-0.2, -0.15) is 4.98 Å². The summed E-state index contributed by atoms with van der Waals surface area (Å²) in [6, 6.07) is 7.27. The first-order chi connectivity index (χ1) is 14.2. The fraction of sp³-hybridized carbons (Fsp3) is 0.333. The molecule has 9 heteroatoms. The second-order valence-electron chi connectivity index (χ2n) is 7.06. The van der Waals surface area contributed by atoms with E-state index in [1.165, 1.54) is 35.6 Å². The van der Waals surface area contributed by atoms with Crippen molar-refractivity contribution < 1.29 is 22.0 Å². The molecule has 3 aromatic rings. The number of benzene rings is 1. The van der Waals surface area contributed by atoms with E-state index in [0.29, 0.717) is 29.5 Å². The van der Waals surface area contributed by atoms with Gasteiger partial charge >= 0.3 is 0 Å². The van der Waals surface area contributed by atoms with Crippen molar-refractivity contribution in [1.29, 1.82) is 0 Å². The number of sulfonamides is 1. The number of unbranched alkanes of at least 4 members (excludes halogenated alkanes) is 1. The van der Waals surface area contributed by atoms with Crippen molar-refractivity contribution in [2.24, 2.45) is 0 Å². The van der Waals surface area contributed by atoms with Gasteiger partial charge in [0.1, 0.15) is 17.4 Å². The fourth-order valence-electron chi connectivity index (χ4n) is 3.25. The Bertz CT molecular complexity index is 1190. The van der Waals surface area contributed by atoms with Crippen LogP contribution in [0, 0.1) is 12.7 Å². The highest BCUT2D eigenvalue weighted by molar-refractivity contribution is 7.92. The first-order valence-corrected chi connectivity index (χ1v) is 11.4. The van der Waals surface area contributed by atoms with Crippen LogP contribution >= 0.6 is 0 Å². The predicted octanol–water partition coefficient (Wildman–Crippen LogP) is 3.87. The zero-order valence-electron chi connectivity index (χ0n) is 17.3. The van der Waals surface area contributed by atoms with Gasteiger partial charge in [0.25, 0.3) is 5.91 Å². The highest BCUT2D eigenvalue weighted by Gasteiger charge is 2.26. The quantitative estimate of drug-likeness (QED) is 0.611. The molecule has 0 aliphatic carbocycles. The second-order valence-corrected chi connectivity index (χ2v) is 8.97. The number of furan rings is 1. The van der Waals surface area contributed by atoms with Crippen molar-refractivity contribution in [1.82, 2.24) is 10.3 Å². The van der Waals surface area contributed by atoms with E-state index in [9.17, 15) is 17.6 Å². The van der Waals surface area contributed by atoms with E-state index >= 15 is 0 Å². The summed E-state index contributed by atoms with van der Waals surface area (Å²) in [5.41, 5.74) is 1.51. The molecule has 0 saturated carbocycles. The molecule has 0 fully saturated rings. The van der Waals surface area contributed by atoms with Gasteiger partial charge < -0.3 is 9.73 Å². The van der Waals surface area contributed by atoms with Crippen LogP contribution in [0.25, 0.3) is 22.4 Å². The molecule has 0 atom stereocenters. The van der Waals surface area contributed by atoms with Crippen LogP contribution in [0.3, 0.4) is 0 Å². The number of hydrogen-bond acceptors (Lipinski definition) is 5. The molecule has 1 aromatic carbocycles. The number of halogens is 1. The second kappa shape index (κ2) is 8.43. The highest BCUT2D eigenvalue weighted by Crippen LogP contribution is 2.36. The summed E-state index contributed by atoms with van der Waals surface area (Å²) >= 11 is 0. The number of hydrogen-bond donors (Lipinski definition) is 1. The fourth-order valence-corrected chi connectivity index (χ4v) is 4.21. The Kier molecular flexibility index (Phi) is 6.12. The minimum Gasteiger partial charge on any atom is -0.437 e. The van der Waals surface area contributed by atoms with Crippen LogP contribution in [0.5, 0.6) is 0 Å². The van der Waals surface area contributed by atoms with Gasteiger partial charge in [-0.05, 0) is 49.2 Å². The number of fused-ring (bicyclic) bond motifs is 1. The molecule has 160 valence electrons. The van der Waals surface area contributed by atoms with Crippen LogP contribution in [0.1, 0.15) is 35.7 Å². The Morgan fingerprint density at radius 3 is 2.50 bits per heavy atom. The van der Waals surface area contributed by atoms with E-state index in [0.717, 1.165) is 12.7 Å². The lowest BCUT2D eigenvalue weighted by Crippen LogP contribution is -2.32. The molecule has 3 rings (SSSR count). The number of nitrogens with zero attached hydrogens (tertiary/aromatic N) is 2. The topological polar surface area (TPSA) is 92.5 Å². The molecule has 0 aliphatic heterocycles. The molecule has 2 heterocycles. The van der Waals surface area contributed by atoms with Crippen LogP contribution in [0.4, 0.5) is 10.2 Å². The molecule has 0 saturated heterocycles. The first-order valence-electron chi connectivity index (χ1n) is 9.57. The van der Waals surface area contributed by atoms with Crippen molar-refractivity contribution in [2.75, 3.05) is 24.2 Å². The van der Waals surface area contributed by atoms with Crippen molar-refractivity contribution in [3.8, 4) is 11.3 Å². The van der Waals surface area contributed by atoms with Crippen molar-refractivity contribution in [2.45, 2.75) is 26.7 Å². The molecule has 7 nitrogen and oxygen atoms in total. The third-order valence-electron chi connectivity index (χ3n) is 4.76. The standard InChI is InChI=1S/C21H24FN3O4S/c1-5-6-11-25(30(4,27)28)19-13(2)12-16-17(20(26)23-3)18(29-21(16)24-19)14-7-9-15(22)10-8-14/h7-10,12H,5-6,11H2,1-4H3,(H,23,26). The molecule has 0 bridgehead atoms. The zero-order valence-corrected chi connectivity index (χ0v) is 18.1. The van der Waals surface area contributed by atoms with Gasteiger partial charge in [0.15, 0.2) is 0 Å². The predicted molar refractivity (Wildman–Crippen MR) is 115 cm³/mol. The number of carbonyl (C=O) groups excluding carboxylic acids is 1. The van der Waals surface area contributed by atoms with E-state index in [1.54, 1.807) is 13.0 Å². The summed E-state index contributed by atoms with van der Waals surface area (Å²) in [5, 5.41) is 3.04. The summed E-state index contributed by atoms with van der Waals surface area (Å²) in [5.74, 6) is -0.283. The Balaban J connectivity index is 2.26. The number of nitrogens with one attached hydrogen (secondary N) is 1. The van der Waals surface area contributed by atoms with E-state index in [1.807, 2.05) is 6.92 Å². The maximum Gasteiger partial charge on any atom is 0.255 e. The molecule has 0 unspecified atom stereocenters. The smallest absolute Gasteiger partial charge is 0.255 e. The summed E-state index contributed by atoms with van der Waals surface area (Å²) < 4.78 is 45.2. The number of aryl methyl sites for hydroxylation is 1. The summed E-state index contributed by atoms with van der Waals surface area (Å²) in [6.45, 7) is 4.01. The van der Waals surface area contributed by atoms with Gasteiger partial charge in [0.05, 0.1) is 17.2 Å². The van der Waals surface area contributed by atoms with Crippen molar-refractivity contribution in [3.05, 3.63) is 47.3 Å². The van der Waals surface area contributed by atoms with Gasteiger partial charge in [-0.15, -0.1) is 0 Å². The third-order valence-corrected chi connectivity index (χ3v) is 5.91. The van der Waals surface area contributed by atoms with Gasteiger partial charge in [-0.1, -0.05) is 13.3 Å². The Labute approximate surface area is 175 Å². The highest BCUT2D eigenvalue weighted by atomic mass is 32.2. The summed E-state index contributed by atoms with van der Waals surface area (Å²) in [4.78, 5) is 17.1. The van der Waals surface area contributed by atoms with E-state index < -0.39 is 15.8 Å². The number of aromatic nitrogens is 1. The Morgan fingerprint density at radius 2 is 1.93 bits per heavy atom. The van der Waals surface area contributed by atoms with E-state index in [4.69, 9.17) is 4.42 Å². The molecule has 1 N–H and O–H groups in total. The van der Waals surface area contributed by atoms with Crippen LogP contribution in [0.15, 0.2) is 34.7 Å². The molecule has 30 heavy (non-hydrogen) atoms. The lowest BCUT2D eigenvalue weighted by Gasteiger charge is -2.22. The molecule has 2 aromatic heterocycles. The Morgan fingerprint density at radius 1 is 1.27 bits per heavy atom. The number of amides is 1. The molecular formula is C21H24FN3O4S. The van der Waals surface area contributed by atoms with Gasteiger partial charge in [0.2, 0.25) is 15.7 Å². The Hall–Kier alpha value is -2.94. The number of pyridine rings is 1. The molecule has 1 amide bonds. The lowest BCUT2D eigenvalue weighted by molar-refractivity contribution is 0.0964. The largest absolute Gasteiger partial charge is 0.437 e. The van der Waals surface area contributed by atoms with Crippen molar-refractivity contribution in [3.63, 3.8) is 0 Å². The summed E-state index contributed by atoms with van der Waals surface area (Å²) in [7, 11) is -2.05. The number of rotatable bonds is 7. The maximum absolute atomic E-state index is 13.4. The SMILES string of the molecule is CCCCN(c1nc2oc(-c3ccc(F)cc3)c(C(=O)NC)c2cc1C)S(C)(=O)=O. The number of carbonyl (C=O) groups is 1. The normalized spacial score (nSPS) is 11.6. The van der Waals surface area contributed by atoms with Gasteiger partial charge in [-0.25, -0.2) is 12.8 Å². The summed E-state index contributed by atoms with van der Waals surface area (Å²) in [6.07, 6.45) is 2.63. The minimum atomic E-state index is -3.55. The van der Waals surface area contributed by atoms with Gasteiger partial charge in [-0.3, -0.25) is 9.10 Å². The lowest BCUT2D eigenvalue weighted by atomic mass is 10.0. The molecule has 0 aliphatic rings. The average Bonchev–Trinajstić information content (AvgIpc) is 3.05. The number of anilines is 1. The van der Waals surface area contributed by atoms with Crippen LogP contribution < -0.4 is 9.62 Å². The minimum absolute atomic E-state index is 0.138.